The second kappa shape index (κ2) is 9.47. The minimum Gasteiger partial charge on any atom is -0.436 e. The molecule has 0 saturated carbocycles. The number of rotatable bonds is 4. The van der Waals surface area contributed by atoms with Gasteiger partial charge in [-0.3, -0.25) is 4.79 Å². The van der Waals surface area contributed by atoms with Crippen molar-refractivity contribution in [2.45, 2.75) is 13.8 Å². The fourth-order valence-electron chi connectivity index (χ4n) is 4.40. The zero-order chi connectivity index (χ0) is 23.7. The van der Waals surface area contributed by atoms with Crippen LogP contribution in [0.3, 0.4) is 0 Å². The lowest BCUT2D eigenvalue weighted by atomic mass is 10.0. The highest BCUT2D eigenvalue weighted by Crippen LogP contribution is 2.30. The smallest absolute Gasteiger partial charge is 0.254 e. The summed E-state index contributed by atoms with van der Waals surface area (Å²) in [7, 11) is 0. The predicted molar refractivity (Wildman–Crippen MR) is 139 cm³/mol. The van der Waals surface area contributed by atoms with E-state index in [1.807, 2.05) is 53.4 Å². The highest BCUT2D eigenvalue weighted by atomic mass is 79.9. The van der Waals surface area contributed by atoms with Gasteiger partial charge in [-0.1, -0.05) is 52.3 Å². The third-order valence-corrected chi connectivity index (χ3v) is 7.03. The van der Waals surface area contributed by atoms with E-state index in [-0.39, 0.29) is 5.91 Å². The van der Waals surface area contributed by atoms with Crippen LogP contribution >= 0.6 is 15.9 Å². The van der Waals surface area contributed by atoms with Crippen molar-refractivity contribution in [3.63, 3.8) is 0 Å². The molecule has 3 aromatic carbocycles. The summed E-state index contributed by atoms with van der Waals surface area (Å²) in [6, 6.07) is 21.8. The van der Waals surface area contributed by atoms with Crippen molar-refractivity contribution in [1.29, 1.82) is 0 Å². The molecule has 6 heteroatoms. The van der Waals surface area contributed by atoms with Gasteiger partial charge in [-0.15, -0.1) is 0 Å². The highest BCUT2D eigenvalue weighted by molar-refractivity contribution is 9.10. The molecule has 0 aliphatic carbocycles. The molecule has 4 aromatic rings. The SMILES string of the molecule is Cc1cccc(N2CCN(C(=O)c3ccccc3-c3ncc(-c4ccc(Br)cc4)o3)CC2)c1C. The van der Waals surface area contributed by atoms with Crippen LogP contribution in [0.1, 0.15) is 21.5 Å². The molecular weight excluding hydrogens is 490 g/mol. The number of halogens is 1. The molecule has 1 aromatic heterocycles. The van der Waals surface area contributed by atoms with Crippen molar-refractivity contribution in [3.05, 3.63) is 94.1 Å². The van der Waals surface area contributed by atoms with Crippen LogP contribution in [0.15, 0.2) is 81.8 Å². The van der Waals surface area contributed by atoms with Gasteiger partial charge in [0.15, 0.2) is 5.76 Å². The summed E-state index contributed by atoms with van der Waals surface area (Å²) in [5.41, 5.74) is 6.12. The zero-order valence-corrected chi connectivity index (χ0v) is 20.9. The lowest BCUT2D eigenvalue weighted by Crippen LogP contribution is -2.49. The molecule has 1 fully saturated rings. The van der Waals surface area contributed by atoms with E-state index in [0.717, 1.165) is 23.1 Å². The number of piperazine rings is 1. The Bertz CT molecular complexity index is 1320. The molecule has 0 spiro atoms. The minimum atomic E-state index is 0.0135. The third kappa shape index (κ3) is 4.38. The Morgan fingerprint density at radius 1 is 0.912 bits per heavy atom. The zero-order valence-electron chi connectivity index (χ0n) is 19.3. The maximum absolute atomic E-state index is 13.5. The molecular formula is C28H26BrN3O2. The Hall–Kier alpha value is -3.38. The van der Waals surface area contributed by atoms with E-state index >= 15 is 0 Å². The molecule has 1 aliphatic rings. The number of aromatic nitrogens is 1. The van der Waals surface area contributed by atoms with E-state index in [2.05, 4.69) is 57.9 Å². The average Bonchev–Trinajstić information content (AvgIpc) is 3.36. The fourth-order valence-corrected chi connectivity index (χ4v) is 4.67. The summed E-state index contributed by atoms with van der Waals surface area (Å²) in [5, 5.41) is 0. The molecule has 0 bridgehead atoms. The van der Waals surface area contributed by atoms with Crippen LogP contribution in [-0.2, 0) is 0 Å². The lowest BCUT2D eigenvalue weighted by Gasteiger charge is -2.37. The van der Waals surface area contributed by atoms with Crippen molar-refractivity contribution in [1.82, 2.24) is 9.88 Å². The number of carbonyl (C=O) groups excluding carboxylic acids is 1. The maximum atomic E-state index is 13.5. The van der Waals surface area contributed by atoms with Crippen LogP contribution in [0.2, 0.25) is 0 Å². The van der Waals surface area contributed by atoms with Crippen molar-refractivity contribution >= 4 is 27.5 Å². The Morgan fingerprint density at radius 2 is 1.65 bits per heavy atom. The first kappa shape index (κ1) is 22.4. The van der Waals surface area contributed by atoms with Crippen LogP contribution in [0.5, 0.6) is 0 Å². The number of oxazole rings is 1. The monoisotopic (exact) mass is 515 g/mol. The van der Waals surface area contributed by atoms with Crippen molar-refractivity contribution in [3.8, 4) is 22.8 Å². The van der Waals surface area contributed by atoms with Gasteiger partial charge >= 0.3 is 0 Å². The topological polar surface area (TPSA) is 49.6 Å². The Kier molecular flexibility index (Phi) is 6.24. The molecule has 172 valence electrons. The second-order valence-electron chi connectivity index (χ2n) is 8.58. The molecule has 0 atom stereocenters. The average molecular weight is 516 g/mol. The molecule has 5 nitrogen and oxygen atoms in total. The molecule has 1 amide bonds. The molecule has 34 heavy (non-hydrogen) atoms. The number of benzene rings is 3. The first-order valence-corrected chi connectivity index (χ1v) is 12.2. The number of amides is 1. The Balaban J connectivity index is 1.34. The first-order valence-electron chi connectivity index (χ1n) is 11.4. The van der Waals surface area contributed by atoms with Gasteiger partial charge in [-0.05, 0) is 55.3 Å². The summed E-state index contributed by atoms with van der Waals surface area (Å²) >= 11 is 3.46. The number of hydrogen-bond donors (Lipinski definition) is 0. The second-order valence-corrected chi connectivity index (χ2v) is 9.50. The van der Waals surface area contributed by atoms with Crippen LogP contribution in [-0.4, -0.2) is 42.0 Å². The van der Waals surface area contributed by atoms with Gasteiger partial charge in [0.2, 0.25) is 5.89 Å². The summed E-state index contributed by atoms with van der Waals surface area (Å²) in [6.45, 7) is 7.28. The number of carbonyl (C=O) groups is 1. The molecule has 5 rings (SSSR count). The van der Waals surface area contributed by atoms with E-state index in [9.17, 15) is 4.79 Å². The summed E-state index contributed by atoms with van der Waals surface area (Å²) in [4.78, 5) is 22.3. The Labute approximate surface area is 208 Å². The van der Waals surface area contributed by atoms with Crippen LogP contribution in [0, 0.1) is 13.8 Å². The van der Waals surface area contributed by atoms with Gasteiger partial charge in [0.25, 0.3) is 5.91 Å². The molecule has 0 unspecified atom stereocenters. The maximum Gasteiger partial charge on any atom is 0.254 e. The van der Waals surface area contributed by atoms with Crippen LogP contribution in [0.25, 0.3) is 22.8 Å². The normalized spacial score (nSPS) is 13.9. The van der Waals surface area contributed by atoms with Gasteiger partial charge in [-0.2, -0.15) is 0 Å². The quantitative estimate of drug-likeness (QED) is 0.317. The summed E-state index contributed by atoms with van der Waals surface area (Å²) in [6.07, 6.45) is 1.71. The largest absolute Gasteiger partial charge is 0.436 e. The van der Waals surface area contributed by atoms with Gasteiger partial charge in [0, 0.05) is 47.5 Å². The van der Waals surface area contributed by atoms with Crippen molar-refractivity contribution in [2.24, 2.45) is 0 Å². The van der Waals surface area contributed by atoms with Gasteiger partial charge in [0.05, 0.1) is 11.8 Å². The van der Waals surface area contributed by atoms with Gasteiger partial charge in [-0.25, -0.2) is 4.98 Å². The standard InChI is InChI=1S/C28H26BrN3O2/c1-19-6-5-9-25(20(19)2)31-14-16-32(17-15-31)28(33)24-8-4-3-7-23(24)27-30-18-26(34-27)21-10-12-22(29)13-11-21/h3-13,18H,14-17H2,1-2H3. The van der Waals surface area contributed by atoms with Crippen LogP contribution < -0.4 is 4.90 Å². The van der Waals surface area contributed by atoms with Crippen molar-refractivity contribution < 1.29 is 9.21 Å². The number of aryl methyl sites for hydroxylation is 1. The van der Waals surface area contributed by atoms with E-state index in [1.54, 1.807) is 6.20 Å². The van der Waals surface area contributed by atoms with E-state index in [1.165, 1.54) is 16.8 Å². The molecule has 0 radical (unpaired) electrons. The number of hydrogen-bond acceptors (Lipinski definition) is 4. The fraction of sp³-hybridized carbons (Fsp3) is 0.214. The van der Waals surface area contributed by atoms with E-state index in [0.29, 0.717) is 35.9 Å². The predicted octanol–water partition coefficient (Wildman–Crippen LogP) is 6.35. The third-order valence-electron chi connectivity index (χ3n) is 6.51. The Morgan fingerprint density at radius 3 is 2.41 bits per heavy atom. The molecule has 1 saturated heterocycles. The van der Waals surface area contributed by atoms with E-state index in [4.69, 9.17) is 4.42 Å². The number of nitrogens with zero attached hydrogens (tertiary/aromatic N) is 3. The first-order chi connectivity index (χ1) is 16.5. The van der Waals surface area contributed by atoms with Gasteiger partial charge in [0.1, 0.15) is 0 Å². The molecule has 0 N–H and O–H groups in total. The van der Waals surface area contributed by atoms with Gasteiger partial charge < -0.3 is 14.2 Å². The molecule has 2 heterocycles. The van der Waals surface area contributed by atoms with Crippen LogP contribution in [0.4, 0.5) is 5.69 Å². The lowest BCUT2D eigenvalue weighted by molar-refractivity contribution is 0.0747. The summed E-state index contributed by atoms with van der Waals surface area (Å²) < 4.78 is 7.07. The molecule has 1 aliphatic heterocycles. The highest BCUT2D eigenvalue weighted by Gasteiger charge is 2.26. The van der Waals surface area contributed by atoms with Crippen molar-refractivity contribution in [2.75, 3.05) is 31.1 Å². The summed E-state index contributed by atoms with van der Waals surface area (Å²) in [5.74, 6) is 1.14. The number of anilines is 1. The minimum absolute atomic E-state index is 0.0135. The van der Waals surface area contributed by atoms with E-state index < -0.39 is 0 Å².